The van der Waals surface area contributed by atoms with E-state index in [0.29, 0.717) is 23.0 Å². The quantitative estimate of drug-likeness (QED) is 0.613. The summed E-state index contributed by atoms with van der Waals surface area (Å²) in [5.41, 5.74) is 2.32. The van der Waals surface area contributed by atoms with Crippen LogP contribution in [0.15, 0.2) is 51.4 Å². The summed E-state index contributed by atoms with van der Waals surface area (Å²) in [6, 6.07) is 6.78. The molecule has 3 aromatic rings. The lowest BCUT2D eigenvalue weighted by Crippen LogP contribution is -2.23. The summed E-state index contributed by atoms with van der Waals surface area (Å²) in [7, 11) is 1.86. The summed E-state index contributed by atoms with van der Waals surface area (Å²) in [6.45, 7) is 4.28. The molecule has 5 rings (SSSR count). The number of alkyl halides is 1. The highest BCUT2D eigenvalue weighted by Gasteiger charge is 2.38. The maximum Gasteiger partial charge on any atom is 0.437 e. The molecule has 31 heavy (non-hydrogen) atoms. The van der Waals surface area contributed by atoms with Crippen molar-refractivity contribution < 1.29 is 8.81 Å². The van der Waals surface area contributed by atoms with E-state index in [2.05, 4.69) is 21.7 Å². The van der Waals surface area contributed by atoms with Gasteiger partial charge in [-0.3, -0.25) is 0 Å². The second-order valence-electron chi connectivity index (χ2n) is 7.85. The van der Waals surface area contributed by atoms with E-state index < -0.39 is 11.9 Å². The summed E-state index contributed by atoms with van der Waals surface area (Å²) in [6.07, 6.45) is 2.84. The van der Waals surface area contributed by atoms with Gasteiger partial charge in [-0.25, -0.2) is 19.2 Å². The third kappa shape index (κ3) is 3.48. The van der Waals surface area contributed by atoms with Crippen molar-refractivity contribution in [3.05, 3.63) is 69.9 Å². The first-order chi connectivity index (χ1) is 14.9. The van der Waals surface area contributed by atoms with Gasteiger partial charge in [0.2, 0.25) is 5.89 Å². The Bertz CT molecular complexity index is 1230. The molecule has 0 N–H and O–H groups in total. The normalized spacial score (nSPS) is 22.9. The number of halogens is 2. The summed E-state index contributed by atoms with van der Waals surface area (Å²) in [5, 5.41) is 4.95. The van der Waals surface area contributed by atoms with Gasteiger partial charge in [0.05, 0.1) is 24.4 Å². The topological polar surface area (TPSA) is 81.5 Å². The zero-order valence-corrected chi connectivity index (χ0v) is 17.5. The molecule has 2 aromatic heterocycles. The SMILES string of the molecule is C=C1c2c(ncn2C)N=CN1Cc1nn([C@@H]2C[C@@H](F)[C@@H](c3ccc(Cl)cc3)C2)c(=O)o1. The van der Waals surface area contributed by atoms with Gasteiger partial charge in [0.1, 0.15) is 18.4 Å². The number of nitrogens with zero attached hydrogens (tertiary/aromatic N) is 6. The van der Waals surface area contributed by atoms with E-state index in [1.54, 1.807) is 29.7 Å². The molecule has 1 saturated carbocycles. The third-order valence-electron chi connectivity index (χ3n) is 5.88. The van der Waals surface area contributed by atoms with Crippen LogP contribution in [0.2, 0.25) is 5.02 Å². The van der Waals surface area contributed by atoms with Crippen molar-refractivity contribution in [1.29, 1.82) is 0 Å². The first-order valence-electron chi connectivity index (χ1n) is 9.90. The highest BCUT2D eigenvalue weighted by molar-refractivity contribution is 6.30. The molecule has 0 amide bonds. The molecule has 3 atom stereocenters. The van der Waals surface area contributed by atoms with Crippen LogP contribution in [0, 0.1) is 0 Å². The molecule has 160 valence electrons. The Labute approximate surface area is 182 Å². The average Bonchev–Trinajstić information content (AvgIpc) is 3.42. The molecule has 0 bridgehead atoms. The Morgan fingerprint density at radius 2 is 2.06 bits per heavy atom. The predicted molar refractivity (Wildman–Crippen MR) is 114 cm³/mol. The van der Waals surface area contributed by atoms with Crippen molar-refractivity contribution in [1.82, 2.24) is 24.2 Å². The van der Waals surface area contributed by atoms with Gasteiger partial charge in [-0.15, -0.1) is 5.10 Å². The van der Waals surface area contributed by atoms with Crippen LogP contribution in [0.1, 0.15) is 41.9 Å². The Kier molecular flexibility index (Phi) is 4.77. The van der Waals surface area contributed by atoms with Crippen LogP contribution in [0.25, 0.3) is 5.70 Å². The second-order valence-corrected chi connectivity index (χ2v) is 8.29. The molecule has 2 aliphatic rings. The van der Waals surface area contributed by atoms with Gasteiger partial charge in [0.15, 0.2) is 5.82 Å². The Balaban J connectivity index is 1.33. The van der Waals surface area contributed by atoms with Crippen molar-refractivity contribution in [3.8, 4) is 0 Å². The van der Waals surface area contributed by atoms with E-state index in [0.717, 1.165) is 11.3 Å². The van der Waals surface area contributed by atoms with Crippen LogP contribution in [0.4, 0.5) is 10.2 Å². The molecule has 1 aliphatic heterocycles. The lowest BCUT2D eigenvalue weighted by Gasteiger charge is -2.23. The van der Waals surface area contributed by atoms with Gasteiger partial charge in [0, 0.05) is 24.4 Å². The fourth-order valence-corrected chi connectivity index (χ4v) is 4.42. The molecule has 10 heteroatoms. The number of benzene rings is 1. The van der Waals surface area contributed by atoms with Crippen molar-refractivity contribution in [2.75, 3.05) is 0 Å². The van der Waals surface area contributed by atoms with Gasteiger partial charge in [-0.05, 0) is 24.1 Å². The summed E-state index contributed by atoms with van der Waals surface area (Å²) in [4.78, 5) is 22.7. The minimum absolute atomic E-state index is 0.182. The molecule has 0 unspecified atom stereocenters. The van der Waals surface area contributed by atoms with E-state index >= 15 is 0 Å². The maximum absolute atomic E-state index is 14.8. The molecule has 1 fully saturated rings. The Hall–Kier alpha value is -3.20. The molecular formula is C21H20ClFN6O2. The molecule has 8 nitrogen and oxygen atoms in total. The number of aryl methyl sites for hydroxylation is 1. The molecule has 1 aliphatic carbocycles. The number of aromatic nitrogens is 4. The largest absolute Gasteiger partial charge is 0.437 e. The van der Waals surface area contributed by atoms with Crippen molar-refractivity contribution in [2.45, 2.75) is 37.5 Å². The monoisotopic (exact) mass is 442 g/mol. The predicted octanol–water partition coefficient (Wildman–Crippen LogP) is 3.83. The van der Waals surface area contributed by atoms with Gasteiger partial charge in [0.25, 0.3) is 0 Å². The third-order valence-corrected chi connectivity index (χ3v) is 6.13. The maximum atomic E-state index is 14.8. The summed E-state index contributed by atoms with van der Waals surface area (Å²) < 4.78 is 23.2. The summed E-state index contributed by atoms with van der Waals surface area (Å²) >= 11 is 5.94. The average molecular weight is 443 g/mol. The fourth-order valence-electron chi connectivity index (χ4n) is 4.30. The van der Waals surface area contributed by atoms with Crippen LogP contribution in [-0.4, -0.2) is 36.7 Å². The van der Waals surface area contributed by atoms with Crippen LogP contribution in [-0.2, 0) is 13.6 Å². The highest BCUT2D eigenvalue weighted by Crippen LogP contribution is 2.42. The molecule has 0 radical (unpaired) electrons. The van der Waals surface area contributed by atoms with Crippen LogP contribution >= 0.6 is 11.6 Å². The van der Waals surface area contributed by atoms with Gasteiger partial charge >= 0.3 is 5.76 Å². The minimum Gasteiger partial charge on any atom is -0.390 e. The standard InChI is InChI=1S/C21H20ClFN6O2/c1-12-19-20(24-10-27(19)2)25-11-28(12)9-18-26-29(21(30)31-18)15-7-16(17(23)8-15)13-3-5-14(22)6-4-13/h3-6,10-11,15-17H,1,7-9H2,2H3/t15-,16+,17+/m0/s1. The van der Waals surface area contributed by atoms with Crippen LogP contribution < -0.4 is 5.76 Å². The molecule has 0 saturated heterocycles. The number of hydrogen-bond donors (Lipinski definition) is 0. The van der Waals surface area contributed by atoms with E-state index in [1.165, 1.54) is 4.68 Å². The first-order valence-corrected chi connectivity index (χ1v) is 10.3. The van der Waals surface area contributed by atoms with Gasteiger partial charge in [-0.2, -0.15) is 4.68 Å². The van der Waals surface area contributed by atoms with E-state index in [-0.39, 0.29) is 30.8 Å². The first kappa shape index (κ1) is 19.7. The molecule has 3 heterocycles. The van der Waals surface area contributed by atoms with Gasteiger partial charge < -0.3 is 13.9 Å². The number of aliphatic imine (C=N–C) groups is 1. The fraction of sp³-hybridized carbons (Fsp3) is 0.333. The number of rotatable bonds is 4. The van der Waals surface area contributed by atoms with Crippen LogP contribution in [0.3, 0.4) is 0 Å². The number of imidazole rings is 1. The van der Waals surface area contributed by atoms with Gasteiger partial charge in [-0.1, -0.05) is 30.3 Å². The van der Waals surface area contributed by atoms with Crippen LogP contribution in [0.5, 0.6) is 0 Å². The lowest BCUT2D eigenvalue weighted by atomic mass is 9.96. The lowest BCUT2D eigenvalue weighted by molar-refractivity contribution is 0.302. The number of hydrogen-bond acceptors (Lipinski definition) is 6. The molecule has 0 spiro atoms. The van der Waals surface area contributed by atoms with Crippen molar-refractivity contribution in [3.63, 3.8) is 0 Å². The number of fused-ring (bicyclic) bond motifs is 1. The highest BCUT2D eigenvalue weighted by atomic mass is 35.5. The van der Waals surface area contributed by atoms with Crippen molar-refractivity contribution in [2.24, 2.45) is 12.0 Å². The molecule has 1 aromatic carbocycles. The van der Waals surface area contributed by atoms with E-state index in [1.807, 2.05) is 23.7 Å². The van der Waals surface area contributed by atoms with E-state index in [9.17, 15) is 9.18 Å². The smallest absolute Gasteiger partial charge is 0.390 e. The zero-order valence-electron chi connectivity index (χ0n) is 16.8. The van der Waals surface area contributed by atoms with E-state index in [4.69, 9.17) is 16.0 Å². The Morgan fingerprint density at radius 3 is 2.84 bits per heavy atom. The Morgan fingerprint density at radius 1 is 1.29 bits per heavy atom. The minimum atomic E-state index is -1.07. The zero-order chi connectivity index (χ0) is 21.7. The molecular weight excluding hydrogens is 423 g/mol. The second kappa shape index (κ2) is 7.49. The van der Waals surface area contributed by atoms with Crippen molar-refractivity contribution >= 4 is 29.5 Å². The summed E-state index contributed by atoms with van der Waals surface area (Å²) in [5.74, 6) is -0.103.